The van der Waals surface area contributed by atoms with Gasteiger partial charge >= 0.3 is 0 Å². The first-order valence-electron chi connectivity index (χ1n) is 4.28. The second kappa shape index (κ2) is 8.50. The van der Waals surface area contributed by atoms with Crippen LogP contribution in [0.1, 0.15) is 6.42 Å². The first-order valence-corrected chi connectivity index (χ1v) is 4.28. The van der Waals surface area contributed by atoms with E-state index in [-0.39, 0.29) is 0 Å². The van der Waals surface area contributed by atoms with Crippen molar-refractivity contribution in [1.29, 1.82) is 0 Å². The van der Waals surface area contributed by atoms with Gasteiger partial charge in [-0.3, -0.25) is 4.90 Å². The van der Waals surface area contributed by atoms with Crippen molar-refractivity contribution in [3.05, 3.63) is 25.3 Å². The Morgan fingerprint density at radius 3 is 2.25 bits per heavy atom. The summed E-state index contributed by atoms with van der Waals surface area (Å²) >= 11 is 0. The van der Waals surface area contributed by atoms with E-state index in [0.717, 1.165) is 32.7 Å². The van der Waals surface area contributed by atoms with Crippen molar-refractivity contribution in [2.24, 2.45) is 0 Å². The molecule has 2 nitrogen and oxygen atoms in total. The lowest BCUT2D eigenvalue weighted by Gasteiger charge is -2.17. The van der Waals surface area contributed by atoms with Gasteiger partial charge in [0.2, 0.25) is 0 Å². The van der Waals surface area contributed by atoms with Gasteiger partial charge in [-0.1, -0.05) is 12.2 Å². The van der Waals surface area contributed by atoms with Crippen molar-refractivity contribution < 1.29 is 4.74 Å². The zero-order valence-electron chi connectivity index (χ0n) is 7.96. The number of rotatable bonds is 8. The molecular weight excluding hydrogens is 150 g/mol. The maximum absolute atomic E-state index is 4.97. The molecule has 0 radical (unpaired) electrons. The highest BCUT2D eigenvalue weighted by Crippen LogP contribution is 1.92. The topological polar surface area (TPSA) is 12.5 Å². The highest BCUT2D eigenvalue weighted by Gasteiger charge is 1.98. The van der Waals surface area contributed by atoms with Gasteiger partial charge in [0.1, 0.15) is 0 Å². The number of nitrogens with zero attached hydrogens (tertiary/aromatic N) is 1. The van der Waals surface area contributed by atoms with Crippen LogP contribution in [-0.2, 0) is 4.74 Å². The van der Waals surface area contributed by atoms with Crippen molar-refractivity contribution in [3.63, 3.8) is 0 Å². The molecule has 0 fully saturated rings. The molecule has 0 aromatic heterocycles. The van der Waals surface area contributed by atoms with Crippen LogP contribution in [0.25, 0.3) is 0 Å². The number of ether oxygens (including phenoxy) is 1. The second-order valence-corrected chi connectivity index (χ2v) is 2.68. The van der Waals surface area contributed by atoms with E-state index in [1.807, 2.05) is 12.2 Å². The fourth-order valence-corrected chi connectivity index (χ4v) is 1.05. The van der Waals surface area contributed by atoms with E-state index in [4.69, 9.17) is 4.74 Å². The normalized spacial score (nSPS) is 10.2. The smallest absolute Gasteiger partial charge is 0.0474 e. The third-order valence-electron chi connectivity index (χ3n) is 1.60. The Hall–Kier alpha value is -0.600. The molecule has 0 aliphatic carbocycles. The summed E-state index contributed by atoms with van der Waals surface area (Å²) < 4.78 is 4.97. The Balaban J connectivity index is 3.47. The molecule has 0 saturated heterocycles. The second-order valence-electron chi connectivity index (χ2n) is 2.68. The molecule has 0 aliphatic rings. The standard InChI is InChI=1S/C10H19NO/c1-4-7-11(8-5-2)9-6-10-12-3/h4-5H,1-2,6-10H2,3H3. The first kappa shape index (κ1) is 11.4. The van der Waals surface area contributed by atoms with Crippen LogP contribution in [0.4, 0.5) is 0 Å². The Morgan fingerprint density at radius 1 is 1.25 bits per heavy atom. The molecule has 0 amide bonds. The average Bonchev–Trinajstić information content (AvgIpc) is 2.06. The summed E-state index contributed by atoms with van der Waals surface area (Å²) in [7, 11) is 1.73. The third-order valence-corrected chi connectivity index (χ3v) is 1.60. The Morgan fingerprint density at radius 2 is 1.83 bits per heavy atom. The zero-order valence-corrected chi connectivity index (χ0v) is 7.96. The molecule has 0 spiro atoms. The van der Waals surface area contributed by atoms with Gasteiger partial charge in [0.05, 0.1) is 0 Å². The fraction of sp³-hybridized carbons (Fsp3) is 0.600. The van der Waals surface area contributed by atoms with E-state index in [2.05, 4.69) is 18.1 Å². The maximum atomic E-state index is 4.97. The maximum Gasteiger partial charge on any atom is 0.0474 e. The minimum atomic E-state index is 0.824. The molecule has 0 rings (SSSR count). The Kier molecular flexibility index (Phi) is 8.07. The lowest BCUT2D eigenvalue weighted by Crippen LogP contribution is -2.25. The molecule has 70 valence electrons. The van der Waals surface area contributed by atoms with Gasteiger partial charge in [-0.05, 0) is 6.42 Å². The quantitative estimate of drug-likeness (QED) is 0.405. The highest BCUT2D eigenvalue weighted by molar-refractivity contribution is 4.79. The van der Waals surface area contributed by atoms with Gasteiger partial charge in [0, 0.05) is 33.4 Å². The number of hydrogen-bond donors (Lipinski definition) is 0. The molecule has 0 aliphatic heterocycles. The summed E-state index contributed by atoms with van der Waals surface area (Å²) in [6.45, 7) is 11.1. The summed E-state index contributed by atoms with van der Waals surface area (Å²) in [4.78, 5) is 2.28. The van der Waals surface area contributed by atoms with Gasteiger partial charge in [-0.25, -0.2) is 0 Å². The lowest BCUT2D eigenvalue weighted by molar-refractivity contribution is 0.179. The summed E-state index contributed by atoms with van der Waals surface area (Å²) in [5.41, 5.74) is 0. The molecule has 0 atom stereocenters. The molecule has 0 aromatic carbocycles. The molecule has 0 saturated carbocycles. The zero-order chi connectivity index (χ0) is 9.23. The van der Waals surface area contributed by atoms with E-state index >= 15 is 0 Å². The van der Waals surface area contributed by atoms with Crippen molar-refractivity contribution in [1.82, 2.24) is 4.90 Å². The Bertz CT molecular complexity index is 113. The molecule has 0 aromatic rings. The van der Waals surface area contributed by atoms with E-state index in [0.29, 0.717) is 0 Å². The summed E-state index contributed by atoms with van der Waals surface area (Å²) in [6, 6.07) is 0. The van der Waals surface area contributed by atoms with Crippen LogP contribution in [-0.4, -0.2) is 38.3 Å². The predicted molar refractivity (Wildman–Crippen MR) is 53.3 cm³/mol. The van der Waals surface area contributed by atoms with Crippen LogP contribution in [0.15, 0.2) is 25.3 Å². The predicted octanol–water partition coefficient (Wildman–Crippen LogP) is 1.70. The fourth-order valence-electron chi connectivity index (χ4n) is 1.05. The van der Waals surface area contributed by atoms with E-state index < -0.39 is 0 Å². The van der Waals surface area contributed by atoms with Crippen LogP contribution in [0.5, 0.6) is 0 Å². The SMILES string of the molecule is C=CCN(CC=C)CCCOC. The Labute approximate surface area is 75.5 Å². The minimum absolute atomic E-state index is 0.824. The van der Waals surface area contributed by atoms with E-state index in [1.165, 1.54) is 0 Å². The lowest BCUT2D eigenvalue weighted by atomic mass is 10.3. The van der Waals surface area contributed by atoms with Gasteiger partial charge in [0.25, 0.3) is 0 Å². The van der Waals surface area contributed by atoms with Crippen LogP contribution in [0.2, 0.25) is 0 Å². The molecule has 12 heavy (non-hydrogen) atoms. The summed E-state index contributed by atoms with van der Waals surface area (Å²) in [6.07, 6.45) is 4.89. The highest BCUT2D eigenvalue weighted by atomic mass is 16.5. The third kappa shape index (κ3) is 6.13. The van der Waals surface area contributed by atoms with Crippen LogP contribution in [0, 0.1) is 0 Å². The monoisotopic (exact) mass is 169 g/mol. The van der Waals surface area contributed by atoms with E-state index in [1.54, 1.807) is 7.11 Å². The average molecular weight is 169 g/mol. The number of hydrogen-bond acceptors (Lipinski definition) is 2. The molecular formula is C10H19NO. The van der Waals surface area contributed by atoms with Crippen LogP contribution in [0.3, 0.4) is 0 Å². The van der Waals surface area contributed by atoms with Gasteiger partial charge < -0.3 is 4.74 Å². The van der Waals surface area contributed by atoms with Crippen LogP contribution >= 0.6 is 0 Å². The van der Waals surface area contributed by atoms with Gasteiger partial charge in [-0.15, -0.1) is 13.2 Å². The molecule has 0 N–H and O–H groups in total. The largest absolute Gasteiger partial charge is 0.385 e. The van der Waals surface area contributed by atoms with Gasteiger partial charge in [0.15, 0.2) is 0 Å². The first-order chi connectivity index (χ1) is 5.85. The van der Waals surface area contributed by atoms with Gasteiger partial charge in [-0.2, -0.15) is 0 Å². The molecule has 0 bridgehead atoms. The van der Waals surface area contributed by atoms with Crippen LogP contribution < -0.4 is 0 Å². The number of methoxy groups -OCH3 is 1. The minimum Gasteiger partial charge on any atom is -0.385 e. The molecule has 0 heterocycles. The van der Waals surface area contributed by atoms with Crippen molar-refractivity contribution >= 4 is 0 Å². The van der Waals surface area contributed by atoms with E-state index in [9.17, 15) is 0 Å². The van der Waals surface area contributed by atoms with Crippen molar-refractivity contribution in [2.45, 2.75) is 6.42 Å². The molecule has 0 unspecified atom stereocenters. The molecule has 2 heteroatoms. The van der Waals surface area contributed by atoms with Crippen molar-refractivity contribution in [2.75, 3.05) is 33.4 Å². The summed E-state index contributed by atoms with van der Waals surface area (Å²) in [5.74, 6) is 0. The summed E-state index contributed by atoms with van der Waals surface area (Å²) in [5, 5.41) is 0. The van der Waals surface area contributed by atoms with Crippen molar-refractivity contribution in [3.8, 4) is 0 Å².